The molecule has 2 saturated heterocycles. The minimum atomic E-state index is -0.503. The number of amides is 1. The summed E-state index contributed by atoms with van der Waals surface area (Å²) in [5.41, 5.74) is 3.61. The van der Waals surface area contributed by atoms with Gasteiger partial charge in [0, 0.05) is 31.0 Å². The highest BCUT2D eigenvalue weighted by Gasteiger charge is 2.34. The first-order valence-electron chi connectivity index (χ1n) is 12.8. The van der Waals surface area contributed by atoms with Gasteiger partial charge in [-0.2, -0.15) is 0 Å². The average molecular weight is 497 g/mol. The second-order valence-corrected chi connectivity index (χ2v) is 9.92. The number of benzene rings is 1. The highest BCUT2D eigenvalue weighted by Crippen LogP contribution is 2.38. The summed E-state index contributed by atoms with van der Waals surface area (Å²) in [6.45, 7) is 7.43. The highest BCUT2D eigenvalue weighted by atomic mass is 16.6. The van der Waals surface area contributed by atoms with Crippen molar-refractivity contribution in [3.8, 4) is 0 Å². The van der Waals surface area contributed by atoms with Gasteiger partial charge in [0.05, 0.1) is 62.7 Å². The molecule has 0 radical (unpaired) electrons. The van der Waals surface area contributed by atoms with Crippen molar-refractivity contribution in [1.29, 1.82) is 0 Å². The van der Waals surface area contributed by atoms with Crippen LogP contribution in [0.15, 0.2) is 36.5 Å². The van der Waals surface area contributed by atoms with Gasteiger partial charge >= 0.3 is 0 Å². The molecule has 9 nitrogen and oxygen atoms in total. The van der Waals surface area contributed by atoms with Crippen LogP contribution in [-0.4, -0.2) is 75.3 Å². The molecule has 2 aromatic rings. The zero-order valence-corrected chi connectivity index (χ0v) is 21.3. The van der Waals surface area contributed by atoms with E-state index in [0.717, 1.165) is 34.9 Å². The first kappa shape index (κ1) is 25.0. The Morgan fingerprint density at radius 1 is 1.22 bits per heavy atom. The summed E-state index contributed by atoms with van der Waals surface area (Å²) in [4.78, 5) is 22.4. The quantitative estimate of drug-likeness (QED) is 0.651. The molecule has 1 aromatic heterocycles. The number of likely N-dealkylation sites (N-methyl/N-ethyl adjacent to an activating group) is 1. The summed E-state index contributed by atoms with van der Waals surface area (Å²) in [5, 5.41) is 3.44. The Morgan fingerprint density at radius 2 is 2.11 bits per heavy atom. The number of fused-ring (bicyclic) bond motifs is 2. The SMILES string of the molecule is CC(C)O[C@H]1CC[C@H](C(=O)N2Cc3cccnc3Nc3ccc(N(C)CC4COCCO4)cc32)OC1. The fourth-order valence-corrected chi connectivity index (χ4v) is 4.99. The van der Waals surface area contributed by atoms with Gasteiger partial charge in [0.1, 0.15) is 11.9 Å². The zero-order chi connectivity index (χ0) is 25.1. The summed E-state index contributed by atoms with van der Waals surface area (Å²) in [7, 11) is 2.03. The van der Waals surface area contributed by atoms with E-state index < -0.39 is 6.10 Å². The average Bonchev–Trinajstić information content (AvgIpc) is 3.05. The Balaban J connectivity index is 1.39. The topological polar surface area (TPSA) is 85.4 Å². The molecular formula is C27H36N4O5. The second kappa shape index (κ2) is 11.1. The smallest absolute Gasteiger partial charge is 0.256 e. The summed E-state index contributed by atoms with van der Waals surface area (Å²) < 4.78 is 23.3. The minimum absolute atomic E-state index is 0.0171. The Labute approximate surface area is 212 Å². The predicted octanol–water partition coefficient (Wildman–Crippen LogP) is 3.50. The van der Waals surface area contributed by atoms with Gasteiger partial charge in [-0.15, -0.1) is 0 Å². The van der Waals surface area contributed by atoms with Crippen LogP contribution in [0.3, 0.4) is 0 Å². The zero-order valence-electron chi connectivity index (χ0n) is 21.3. The number of anilines is 4. The van der Waals surface area contributed by atoms with Gasteiger partial charge in [-0.25, -0.2) is 4.98 Å². The lowest BCUT2D eigenvalue weighted by Gasteiger charge is -2.33. The maximum absolute atomic E-state index is 13.9. The van der Waals surface area contributed by atoms with E-state index in [1.165, 1.54) is 0 Å². The number of aromatic nitrogens is 1. The number of hydrogen-bond acceptors (Lipinski definition) is 8. The number of nitrogens with one attached hydrogen (secondary N) is 1. The Kier molecular flexibility index (Phi) is 7.71. The summed E-state index contributed by atoms with van der Waals surface area (Å²) >= 11 is 0. The molecule has 4 heterocycles. The molecule has 1 amide bonds. The Morgan fingerprint density at radius 3 is 2.86 bits per heavy atom. The first-order chi connectivity index (χ1) is 17.5. The van der Waals surface area contributed by atoms with E-state index in [1.54, 1.807) is 6.20 Å². The molecule has 2 fully saturated rings. The molecule has 5 rings (SSSR count). The number of ether oxygens (including phenoxy) is 4. The molecule has 3 aliphatic heterocycles. The molecule has 0 bridgehead atoms. The van der Waals surface area contributed by atoms with Gasteiger partial charge < -0.3 is 34.1 Å². The third-order valence-corrected chi connectivity index (χ3v) is 6.79. The third-order valence-electron chi connectivity index (χ3n) is 6.79. The normalized spacial score (nSPS) is 23.9. The van der Waals surface area contributed by atoms with Gasteiger partial charge in [0.15, 0.2) is 0 Å². The lowest BCUT2D eigenvalue weighted by atomic mass is 10.0. The number of hydrogen-bond donors (Lipinski definition) is 1. The molecule has 9 heteroatoms. The van der Waals surface area contributed by atoms with E-state index >= 15 is 0 Å². The van der Waals surface area contributed by atoms with Crippen molar-refractivity contribution >= 4 is 28.8 Å². The maximum atomic E-state index is 13.9. The van der Waals surface area contributed by atoms with Crippen LogP contribution in [0.25, 0.3) is 0 Å². The predicted molar refractivity (Wildman–Crippen MR) is 138 cm³/mol. The van der Waals surface area contributed by atoms with Gasteiger partial charge in [0.2, 0.25) is 0 Å². The molecule has 3 atom stereocenters. The minimum Gasteiger partial charge on any atom is -0.376 e. The summed E-state index contributed by atoms with van der Waals surface area (Å²) in [6.07, 6.45) is 2.88. The van der Waals surface area contributed by atoms with Crippen LogP contribution in [0.4, 0.5) is 22.9 Å². The molecule has 1 N–H and O–H groups in total. The van der Waals surface area contributed by atoms with Crippen molar-refractivity contribution in [2.45, 2.75) is 57.6 Å². The van der Waals surface area contributed by atoms with E-state index in [9.17, 15) is 4.79 Å². The van der Waals surface area contributed by atoms with E-state index in [0.29, 0.717) is 45.9 Å². The van der Waals surface area contributed by atoms with E-state index in [1.807, 2.05) is 44.0 Å². The number of carbonyl (C=O) groups is 1. The number of nitrogens with zero attached hydrogens (tertiary/aromatic N) is 3. The van der Waals surface area contributed by atoms with Crippen molar-refractivity contribution < 1.29 is 23.7 Å². The molecule has 3 aliphatic rings. The van der Waals surface area contributed by atoms with Crippen LogP contribution in [0, 0.1) is 0 Å². The molecule has 0 spiro atoms. The van der Waals surface area contributed by atoms with Crippen LogP contribution in [-0.2, 0) is 30.3 Å². The molecule has 0 saturated carbocycles. The number of carbonyl (C=O) groups excluding carboxylic acids is 1. The first-order valence-corrected chi connectivity index (χ1v) is 12.8. The molecule has 36 heavy (non-hydrogen) atoms. The van der Waals surface area contributed by atoms with E-state index in [2.05, 4.69) is 27.3 Å². The van der Waals surface area contributed by atoms with Gasteiger partial charge in [-0.1, -0.05) is 6.07 Å². The second-order valence-electron chi connectivity index (χ2n) is 9.92. The standard InChI is InChI=1S/C27H36N4O5/c1-18(2)36-21-7-9-25(35-17-21)27(32)31-14-19-5-4-10-28-26(19)29-23-8-6-20(13-24(23)31)30(3)15-22-16-33-11-12-34-22/h4-6,8,10,13,18,21-22,25H,7,9,11-12,14-17H2,1-3H3,(H,28,29)/t21-,22?,25+/m0/s1. The van der Waals surface area contributed by atoms with Gasteiger partial charge in [-0.05, 0) is 51.0 Å². The van der Waals surface area contributed by atoms with E-state index in [-0.39, 0.29) is 24.2 Å². The van der Waals surface area contributed by atoms with Crippen LogP contribution in [0.5, 0.6) is 0 Å². The fourth-order valence-electron chi connectivity index (χ4n) is 4.99. The molecule has 1 aromatic carbocycles. The summed E-state index contributed by atoms with van der Waals surface area (Å²) in [5.74, 6) is 0.722. The highest BCUT2D eigenvalue weighted by molar-refractivity contribution is 6.01. The number of pyridine rings is 1. The van der Waals surface area contributed by atoms with Crippen molar-refractivity contribution in [2.75, 3.05) is 55.1 Å². The van der Waals surface area contributed by atoms with Crippen LogP contribution in [0.2, 0.25) is 0 Å². The summed E-state index contributed by atoms with van der Waals surface area (Å²) in [6, 6.07) is 10.0. The molecule has 194 valence electrons. The van der Waals surface area contributed by atoms with Crippen molar-refractivity contribution in [3.63, 3.8) is 0 Å². The van der Waals surface area contributed by atoms with Gasteiger partial charge in [0.25, 0.3) is 5.91 Å². The lowest BCUT2D eigenvalue weighted by molar-refractivity contribution is -0.143. The van der Waals surface area contributed by atoms with E-state index in [4.69, 9.17) is 18.9 Å². The van der Waals surface area contributed by atoms with Crippen LogP contribution in [0.1, 0.15) is 32.3 Å². The maximum Gasteiger partial charge on any atom is 0.256 e. The van der Waals surface area contributed by atoms with Gasteiger partial charge in [-0.3, -0.25) is 4.79 Å². The number of rotatable bonds is 6. The lowest BCUT2D eigenvalue weighted by Crippen LogP contribution is -2.44. The molecular weight excluding hydrogens is 460 g/mol. The fraction of sp³-hybridized carbons (Fsp3) is 0.556. The third kappa shape index (κ3) is 5.64. The van der Waals surface area contributed by atoms with Crippen LogP contribution >= 0.6 is 0 Å². The Bertz CT molecular complexity index is 1050. The monoisotopic (exact) mass is 496 g/mol. The Hall–Kier alpha value is -2.72. The van der Waals surface area contributed by atoms with Crippen molar-refractivity contribution in [2.24, 2.45) is 0 Å². The van der Waals surface area contributed by atoms with Crippen molar-refractivity contribution in [3.05, 3.63) is 42.1 Å². The molecule has 1 unspecified atom stereocenters. The molecule has 0 aliphatic carbocycles. The largest absolute Gasteiger partial charge is 0.376 e. The van der Waals surface area contributed by atoms with Crippen LogP contribution < -0.4 is 15.1 Å². The van der Waals surface area contributed by atoms with Crippen molar-refractivity contribution in [1.82, 2.24) is 4.98 Å².